The Bertz CT molecular complexity index is 1060. The van der Waals surface area contributed by atoms with Gasteiger partial charge in [0.05, 0.1) is 29.2 Å². The standard InChI is InChI=1S/C23H30N6O2/c1-14(2)27-22-20(23(31)28-19-6-4-16(5-7-19)8-15(3)30)12-26-29-13-17(9-21(22)29)18-10-24-25-11-18/h9-14,16,19,27H,4-8H2,1-3H3,(H,24,25)(H,28,31). The van der Waals surface area contributed by atoms with Crippen molar-refractivity contribution >= 4 is 22.9 Å². The summed E-state index contributed by atoms with van der Waals surface area (Å²) in [5, 5.41) is 18.0. The van der Waals surface area contributed by atoms with Crippen LogP contribution in [-0.2, 0) is 4.79 Å². The SMILES string of the molecule is CC(=O)CC1CCC(NC(=O)c2cnn3cc(-c4cn[nH]c4)cc3c2NC(C)C)CC1. The number of aromatic amines is 1. The molecule has 1 saturated carbocycles. The van der Waals surface area contributed by atoms with E-state index in [4.69, 9.17) is 0 Å². The number of rotatable bonds is 7. The molecule has 3 N–H and O–H groups in total. The van der Waals surface area contributed by atoms with Crippen molar-refractivity contribution in [2.45, 2.75) is 65.0 Å². The highest BCUT2D eigenvalue weighted by atomic mass is 16.1. The topological polar surface area (TPSA) is 104 Å². The van der Waals surface area contributed by atoms with Crippen LogP contribution in [0.25, 0.3) is 16.6 Å². The fourth-order valence-corrected chi connectivity index (χ4v) is 4.42. The minimum absolute atomic E-state index is 0.112. The molecule has 164 valence electrons. The van der Waals surface area contributed by atoms with Crippen LogP contribution < -0.4 is 10.6 Å². The Morgan fingerprint density at radius 3 is 2.61 bits per heavy atom. The van der Waals surface area contributed by atoms with Crippen molar-refractivity contribution in [3.8, 4) is 11.1 Å². The predicted octanol–water partition coefficient (Wildman–Crippen LogP) is 3.81. The molecule has 1 fully saturated rings. The van der Waals surface area contributed by atoms with Crippen molar-refractivity contribution < 1.29 is 9.59 Å². The van der Waals surface area contributed by atoms with E-state index in [1.165, 1.54) is 0 Å². The maximum atomic E-state index is 13.2. The van der Waals surface area contributed by atoms with E-state index >= 15 is 0 Å². The summed E-state index contributed by atoms with van der Waals surface area (Å²) in [6.07, 6.45) is 11.6. The molecule has 0 bridgehead atoms. The highest BCUT2D eigenvalue weighted by Gasteiger charge is 2.25. The van der Waals surface area contributed by atoms with Crippen molar-refractivity contribution in [3.63, 3.8) is 0 Å². The number of carbonyl (C=O) groups is 2. The molecule has 0 spiro atoms. The highest BCUT2D eigenvalue weighted by molar-refractivity contribution is 6.03. The zero-order valence-corrected chi connectivity index (χ0v) is 18.3. The Kier molecular flexibility index (Phi) is 6.06. The first kappa shape index (κ1) is 21.1. The lowest BCUT2D eigenvalue weighted by molar-refractivity contribution is -0.118. The fraction of sp³-hybridized carbons (Fsp3) is 0.478. The van der Waals surface area contributed by atoms with Gasteiger partial charge in [0, 0.05) is 42.0 Å². The fourth-order valence-electron chi connectivity index (χ4n) is 4.42. The monoisotopic (exact) mass is 422 g/mol. The van der Waals surface area contributed by atoms with Gasteiger partial charge in [-0.25, -0.2) is 4.52 Å². The normalized spacial score (nSPS) is 19.0. The van der Waals surface area contributed by atoms with E-state index in [0.717, 1.165) is 48.0 Å². The van der Waals surface area contributed by atoms with Crippen LogP contribution in [0.5, 0.6) is 0 Å². The van der Waals surface area contributed by atoms with E-state index < -0.39 is 0 Å². The van der Waals surface area contributed by atoms with Crippen LogP contribution in [0.3, 0.4) is 0 Å². The average molecular weight is 423 g/mol. The van der Waals surface area contributed by atoms with E-state index in [2.05, 4.69) is 39.8 Å². The quantitative estimate of drug-likeness (QED) is 0.537. The van der Waals surface area contributed by atoms with Gasteiger partial charge < -0.3 is 15.4 Å². The molecule has 8 heteroatoms. The third-order valence-corrected chi connectivity index (χ3v) is 5.90. The number of Topliss-reactive ketones (excluding diaryl/α,β-unsaturated/α-hetero) is 1. The van der Waals surface area contributed by atoms with Gasteiger partial charge in [0.2, 0.25) is 0 Å². The molecule has 3 heterocycles. The smallest absolute Gasteiger partial charge is 0.255 e. The number of fused-ring (bicyclic) bond motifs is 1. The molecule has 0 aromatic carbocycles. The maximum Gasteiger partial charge on any atom is 0.255 e. The van der Waals surface area contributed by atoms with Crippen LogP contribution in [0.1, 0.15) is 63.2 Å². The Balaban J connectivity index is 1.56. The van der Waals surface area contributed by atoms with Crippen LogP contribution in [0.2, 0.25) is 0 Å². The van der Waals surface area contributed by atoms with Crippen molar-refractivity contribution in [2.75, 3.05) is 5.32 Å². The second-order valence-corrected chi connectivity index (χ2v) is 8.88. The molecule has 0 unspecified atom stereocenters. The zero-order valence-electron chi connectivity index (χ0n) is 18.3. The predicted molar refractivity (Wildman–Crippen MR) is 120 cm³/mol. The number of hydrogen-bond donors (Lipinski definition) is 3. The van der Waals surface area contributed by atoms with Crippen molar-refractivity contribution in [2.24, 2.45) is 5.92 Å². The van der Waals surface area contributed by atoms with Crippen molar-refractivity contribution in [3.05, 3.63) is 36.4 Å². The maximum absolute atomic E-state index is 13.2. The van der Waals surface area contributed by atoms with Gasteiger partial charge in [-0.1, -0.05) is 0 Å². The van der Waals surface area contributed by atoms with Crippen LogP contribution in [0.4, 0.5) is 5.69 Å². The number of nitrogens with one attached hydrogen (secondary N) is 3. The molecule has 0 atom stereocenters. The number of anilines is 1. The lowest BCUT2D eigenvalue weighted by Crippen LogP contribution is -2.38. The minimum Gasteiger partial charge on any atom is -0.380 e. The Morgan fingerprint density at radius 1 is 1.19 bits per heavy atom. The molecule has 1 aliphatic carbocycles. The number of aromatic nitrogens is 4. The molecule has 31 heavy (non-hydrogen) atoms. The second-order valence-electron chi connectivity index (χ2n) is 8.88. The summed E-state index contributed by atoms with van der Waals surface area (Å²) in [4.78, 5) is 24.6. The summed E-state index contributed by atoms with van der Waals surface area (Å²) >= 11 is 0. The summed E-state index contributed by atoms with van der Waals surface area (Å²) in [6.45, 7) is 5.75. The van der Waals surface area contributed by atoms with E-state index in [-0.39, 0.29) is 23.8 Å². The van der Waals surface area contributed by atoms with E-state index in [9.17, 15) is 9.59 Å². The van der Waals surface area contributed by atoms with Gasteiger partial charge in [-0.05, 0) is 58.4 Å². The molecule has 1 amide bonds. The van der Waals surface area contributed by atoms with Crippen LogP contribution in [-0.4, -0.2) is 43.6 Å². The van der Waals surface area contributed by atoms with E-state index in [0.29, 0.717) is 17.9 Å². The third kappa shape index (κ3) is 4.78. The summed E-state index contributed by atoms with van der Waals surface area (Å²) in [6, 6.07) is 2.31. The van der Waals surface area contributed by atoms with Gasteiger partial charge in [-0.2, -0.15) is 10.2 Å². The average Bonchev–Trinajstić information content (AvgIpc) is 3.38. The summed E-state index contributed by atoms with van der Waals surface area (Å²) in [5.74, 6) is 0.585. The first-order valence-electron chi connectivity index (χ1n) is 11.0. The summed E-state index contributed by atoms with van der Waals surface area (Å²) < 4.78 is 1.79. The van der Waals surface area contributed by atoms with E-state index in [1.54, 1.807) is 23.8 Å². The number of ketones is 1. The lowest BCUT2D eigenvalue weighted by Gasteiger charge is -2.29. The molecule has 0 saturated heterocycles. The Labute approximate surface area is 181 Å². The lowest BCUT2D eigenvalue weighted by atomic mass is 9.83. The Hall–Kier alpha value is -3.16. The molecule has 3 aromatic heterocycles. The molecule has 3 aromatic rings. The number of nitrogens with zero attached hydrogens (tertiary/aromatic N) is 3. The van der Waals surface area contributed by atoms with Crippen molar-refractivity contribution in [1.29, 1.82) is 0 Å². The summed E-state index contributed by atoms with van der Waals surface area (Å²) in [5.41, 5.74) is 4.12. The van der Waals surface area contributed by atoms with E-state index in [1.807, 2.05) is 18.5 Å². The first-order valence-corrected chi connectivity index (χ1v) is 11.0. The number of carbonyl (C=O) groups excluding carboxylic acids is 2. The van der Waals surface area contributed by atoms with Gasteiger partial charge in [-0.15, -0.1) is 0 Å². The molecule has 1 aliphatic rings. The molecular formula is C23H30N6O2. The van der Waals surface area contributed by atoms with Gasteiger partial charge in [0.15, 0.2) is 0 Å². The number of hydrogen-bond acceptors (Lipinski definition) is 5. The molecule has 0 aliphatic heterocycles. The van der Waals surface area contributed by atoms with Gasteiger partial charge in [0.1, 0.15) is 5.78 Å². The third-order valence-electron chi connectivity index (χ3n) is 5.90. The largest absolute Gasteiger partial charge is 0.380 e. The van der Waals surface area contributed by atoms with Crippen LogP contribution >= 0.6 is 0 Å². The summed E-state index contributed by atoms with van der Waals surface area (Å²) in [7, 11) is 0. The van der Waals surface area contributed by atoms with Crippen LogP contribution in [0, 0.1) is 5.92 Å². The van der Waals surface area contributed by atoms with Gasteiger partial charge >= 0.3 is 0 Å². The molecule has 4 rings (SSSR count). The molecule has 0 radical (unpaired) electrons. The zero-order chi connectivity index (χ0) is 22.0. The number of amides is 1. The van der Waals surface area contributed by atoms with Crippen molar-refractivity contribution in [1.82, 2.24) is 25.1 Å². The van der Waals surface area contributed by atoms with Crippen LogP contribution in [0.15, 0.2) is 30.9 Å². The second kappa shape index (κ2) is 8.91. The Morgan fingerprint density at radius 2 is 1.97 bits per heavy atom. The minimum atomic E-state index is -0.112. The van der Waals surface area contributed by atoms with Gasteiger partial charge in [0.25, 0.3) is 5.91 Å². The first-order chi connectivity index (χ1) is 14.9. The molecular weight excluding hydrogens is 392 g/mol. The highest BCUT2D eigenvalue weighted by Crippen LogP contribution is 2.30. The number of H-pyrrole nitrogens is 1. The van der Waals surface area contributed by atoms with Gasteiger partial charge in [-0.3, -0.25) is 9.89 Å². The molecule has 8 nitrogen and oxygen atoms in total.